The van der Waals surface area contributed by atoms with Gasteiger partial charge in [0.1, 0.15) is 5.82 Å². The number of carbonyl (C=O) groups is 3. The van der Waals surface area contributed by atoms with Crippen molar-refractivity contribution in [1.29, 1.82) is 0 Å². The van der Waals surface area contributed by atoms with Crippen molar-refractivity contribution in [3.8, 4) is 0 Å². The van der Waals surface area contributed by atoms with Gasteiger partial charge in [-0.3, -0.25) is 25.2 Å². The Hall–Kier alpha value is -3.80. The maximum Gasteiger partial charge on any atom is 0.269 e. The minimum atomic E-state index is -0.508. The molecule has 0 radical (unpaired) electrons. The summed E-state index contributed by atoms with van der Waals surface area (Å²) in [6.45, 7) is 0. The van der Waals surface area contributed by atoms with E-state index in [0.29, 0.717) is 22.3 Å². The topological polar surface area (TPSA) is 75.3 Å². The highest BCUT2D eigenvalue weighted by atomic mass is 19.1. The molecule has 0 aliphatic heterocycles. The van der Waals surface area contributed by atoms with Gasteiger partial charge in [0.25, 0.3) is 5.91 Å². The fourth-order valence-electron chi connectivity index (χ4n) is 2.56. The molecule has 140 valence electrons. The normalized spacial score (nSPS) is 10.2. The molecule has 2 amide bonds. The number of carbonyl (C=O) groups excluding carboxylic acids is 3. The molecule has 0 aliphatic rings. The minimum absolute atomic E-state index is 0.00504. The lowest BCUT2D eigenvalue weighted by Crippen LogP contribution is -2.42. The molecule has 28 heavy (non-hydrogen) atoms. The molecule has 0 heterocycles. The third-order valence-corrected chi connectivity index (χ3v) is 4.04. The first-order chi connectivity index (χ1) is 13.5. The summed E-state index contributed by atoms with van der Waals surface area (Å²) >= 11 is 0. The lowest BCUT2D eigenvalue weighted by molar-refractivity contribution is -0.121. The Balaban J connectivity index is 1.55. The van der Waals surface area contributed by atoms with Gasteiger partial charge in [-0.1, -0.05) is 54.6 Å². The molecule has 0 spiro atoms. The Morgan fingerprint density at radius 1 is 0.679 bits per heavy atom. The Labute approximate surface area is 161 Å². The van der Waals surface area contributed by atoms with Crippen molar-refractivity contribution in [1.82, 2.24) is 10.9 Å². The van der Waals surface area contributed by atoms with Crippen molar-refractivity contribution in [3.63, 3.8) is 0 Å². The van der Waals surface area contributed by atoms with Gasteiger partial charge in [0.05, 0.1) is 6.42 Å². The Kier molecular flexibility index (Phi) is 5.91. The second-order valence-electron chi connectivity index (χ2n) is 6.08. The third-order valence-electron chi connectivity index (χ3n) is 4.04. The van der Waals surface area contributed by atoms with Crippen LogP contribution < -0.4 is 10.9 Å². The van der Waals surface area contributed by atoms with Gasteiger partial charge in [-0.05, 0) is 29.8 Å². The minimum Gasteiger partial charge on any atom is -0.289 e. The fraction of sp³-hybridized carbons (Fsp3) is 0.0455. The number of hydrogen-bond donors (Lipinski definition) is 2. The van der Waals surface area contributed by atoms with Gasteiger partial charge in [0, 0.05) is 16.7 Å². The third kappa shape index (κ3) is 4.88. The van der Waals surface area contributed by atoms with Crippen LogP contribution in [0.2, 0.25) is 0 Å². The van der Waals surface area contributed by atoms with E-state index in [-0.39, 0.29) is 18.0 Å². The Bertz CT molecular complexity index is 985. The summed E-state index contributed by atoms with van der Waals surface area (Å²) in [5.74, 6) is -1.46. The molecule has 0 bridgehead atoms. The van der Waals surface area contributed by atoms with Crippen LogP contribution in [-0.2, 0) is 11.2 Å². The zero-order valence-electron chi connectivity index (χ0n) is 14.8. The summed E-state index contributed by atoms with van der Waals surface area (Å²) in [5.41, 5.74) is 6.57. The van der Waals surface area contributed by atoms with Crippen molar-refractivity contribution in [2.45, 2.75) is 6.42 Å². The summed E-state index contributed by atoms with van der Waals surface area (Å²) in [6.07, 6.45) is 0.00504. The lowest BCUT2D eigenvalue weighted by atomic mass is 10.0. The van der Waals surface area contributed by atoms with Crippen LogP contribution in [0.15, 0.2) is 78.9 Å². The van der Waals surface area contributed by atoms with Crippen LogP contribution in [0.25, 0.3) is 0 Å². The van der Waals surface area contributed by atoms with Gasteiger partial charge >= 0.3 is 0 Å². The van der Waals surface area contributed by atoms with Gasteiger partial charge in [-0.25, -0.2) is 4.39 Å². The molecule has 0 aliphatic carbocycles. The van der Waals surface area contributed by atoms with Crippen molar-refractivity contribution >= 4 is 17.6 Å². The van der Waals surface area contributed by atoms with Crippen LogP contribution >= 0.6 is 0 Å². The van der Waals surface area contributed by atoms with Crippen molar-refractivity contribution in [2.75, 3.05) is 0 Å². The SMILES string of the molecule is O=C(Cc1ccc(F)cc1)NNC(=O)c1ccc(C(=O)c2ccccc2)cc1. The number of nitrogens with one attached hydrogen (secondary N) is 2. The molecule has 5 nitrogen and oxygen atoms in total. The van der Waals surface area contributed by atoms with E-state index in [1.165, 1.54) is 36.4 Å². The van der Waals surface area contributed by atoms with Gasteiger partial charge < -0.3 is 0 Å². The van der Waals surface area contributed by atoms with E-state index in [1.54, 1.807) is 36.4 Å². The predicted octanol–water partition coefficient (Wildman–Crippen LogP) is 3.06. The molecule has 0 unspecified atom stereocenters. The number of rotatable bonds is 5. The number of halogens is 1. The van der Waals surface area contributed by atoms with Gasteiger partial charge in [0.15, 0.2) is 5.78 Å². The monoisotopic (exact) mass is 376 g/mol. The first-order valence-electron chi connectivity index (χ1n) is 8.56. The second-order valence-corrected chi connectivity index (χ2v) is 6.08. The number of hydrazine groups is 1. The number of benzene rings is 3. The zero-order valence-corrected chi connectivity index (χ0v) is 14.8. The van der Waals surface area contributed by atoms with E-state index in [1.807, 2.05) is 6.07 Å². The summed E-state index contributed by atoms with van der Waals surface area (Å²) < 4.78 is 12.9. The van der Waals surface area contributed by atoms with E-state index in [0.717, 1.165) is 0 Å². The Morgan fingerprint density at radius 3 is 1.89 bits per heavy atom. The van der Waals surface area contributed by atoms with E-state index >= 15 is 0 Å². The lowest BCUT2D eigenvalue weighted by Gasteiger charge is -2.08. The first-order valence-corrected chi connectivity index (χ1v) is 8.56. The molecule has 0 saturated carbocycles. The van der Waals surface area contributed by atoms with E-state index in [2.05, 4.69) is 10.9 Å². The highest BCUT2D eigenvalue weighted by Gasteiger charge is 2.11. The highest BCUT2D eigenvalue weighted by Crippen LogP contribution is 2.11. The van der Waals surface area contributed by atoms with Crippen LogP contribution in [0.4, 0.5) is 4.39 Å². The van der Waals surface area contributed by atoms with Crippen molar-refractivity contribution in [3.05, 3.63) is 107 Å². The van der Waals surface area contributed by atoms with Crippen LogP contribution in [0.5, 0.6) is 0 Å². The highest BCUT2D eigenvalue weighted by molar-refractivity contribution is 6.09. The molecule has 0 atom stereocenters. The molecule has 6 heteroatoms. The average molecular weight is 376 g/mol. The molecule has 3 aromatic carbocycles. The van der Waals surface area contributed by atoms with Crippen LogP contribution in [0.1, 0.15) is 31.8 Å². The predicted molar refractivity (Wildman–Crippen MR) is 102 cm³/mol. The maximum atomic E-state index is 12.9. The van der Waals surface area contributed by atoms with Crippen molar-refractivity contribution < 1.29 is 18.8 Å². The quantitative estimate of drug-likeness (QED) is 0.531. The molecule has 3 rings (SSSR count). The van der Waals surface area contributed by atoms with E-state index < -0.39 is 11.8 Å². The maximum absolute atomic E-state index is 12.9. The Morgan fingerprint density at radius 2 is 1.25 bits per heavy atom. The van der Waals surface area contributed by atoms with Gasteiger partial charge in [0.2, 0.25) is 5.91 Å². The second kappa shape index (κ2) is 8.73. The molecule has 0 fully saturated rings. The number of hydrogen-bond acceptors (Lipinski definition) is 3. The molecule has 0 aromatic heterocycles. The zero-order chi connectivity index (χ0) is 19.9. The summed E-state index contributed by atoms with van der Waals surface area (Å²) in [7, 11) is 0. The first kappa shape index (κ1) is 19.0. The molecule has 2 N–H and O–H groups in total. The summed E-state index contributed by atoms with van der Waals surface area (Å²) in [4.78, 5) is 36.4. The fourth-order valence-corrected chi connectivity index (χ4v) is 2.56. The van der Waals surface area contributed by atoms with Gasteiger partial charge in [-0.15, -0.1) is 0 Å². The summed E-state index contributed by atoms with van der Waals surface area (Å²) in [6, 6.07) is 20.5. The molecular weight excluding hydrogens is 359 g/mol. The molecule has 3 aromatic rings. The van der Waals surface area contributed by atoms with Crippen LogP contribution in [0, 0.1) is 5.82 Å². The molecular formula is C22H17FN2O3. The van der Waals surface area contributed by atoms with Crippen molar-refractivity contribution in [2.24, 2.45) is 0 Å². The summed E-state index contributed by atoms with van der Waals surface area (Å²) in [5, 5.41) is 0. The van der Waals surface area contributed by atoms with Gasteiger partial charge in [-0.2, -0.15) is 0 Å². The van der Waals surface area contributed by atoms with Crippen LogP contribution in [0.3, 0.4) is 0 Å². The largest absolute Gasteiger partial charge is 0.289 e. The standard InChI is InChI=1S/C22H17FN2O3/c23-19-12-6-15(7-13-19)14-20(26)24-25-22(28)18-10-8-17(9-11-18)21(27)16-4-2-1-3-5-16/h1-13H,14H2,(H,24,26)(H,25,28). The smallest absolute Gasteiger partial charge is 0.269 e. The van der Waals surface area contributed by atoms with E-state index in [9.17, 15) is 18.8 Å². The van der Waals surface area contributed by atoms with Crippen LogP contribution in [-0.4, -0.2) is 17.6 Å². The van der Waals surface area contributed by atoms with E-state index in [4.69, 9.17) is 0 Å². The number of amides is 2. The molecule has 0 saturated heterocycles. The number of ketones is 1. The average Bonchev–Trinajstić information content (AvgIpc) is 2.74.